The van der Waals surface area contributed by atoms with E-state index in [1.807, 2.05) is 0 Å². The summed E-state index contributed by atoms with van der Waals surface area (Å²) in [7, 11) is 0. The molecule has 8 heteroatoms. The van der Waals surface area contributed by atoms with Crippen LogP contribution < -0.4 is 16.4 Å². The van der Waals surface area contributed by atoms with E-state index in [0.717, 1.165) is 0 Å². The quantitative estimate of drug-likeness (QED) is 0.267. The number of rotatable bonds is 1. The van der Waals surface area contributed by atoms with Gasteiger partial charge in [-0.3, -0.25) is 16.1 Å². The van der Waals surface area contributed by atoms with E-state index >= 15 is 0 Å². The van der Waals surface area contributed by atoms with Crippen LogP contribution >= 0.6 is 0 Å². The van der Waals surface area contributed by atoms with Crippen molar-refractivity contribution in [3.8, 4) is 0 Å². The van der Waals surface area contributed by atoms with Gasteiger partial charge in [-0.15, -0.1) is 0 Å². The first-order chi connectivity index (χ1) is 5.68. The molecular weight excluding hydrogens is 162 g/mol. The minimum absolute atomic E-state index is 0.168. The highest BCUT2D eigenvalue weighted by molar-refractivity contribution is 6.01. The Labute approximate surface area is 67.1 Å². The molecule has 0 radical (unpaired) electrons. The molecule has 12 heavy (non-hydrogen) atoms. The summed E-state index contributed by atoms with van der Waals surface area (Å²) in [6.07, 6.45) is 1.29. The molecule has 8 nitrogen and oxygen atoms in total. The van der Waals surface area contributed by atoms with Gasteiger partial charge in [-0.2, -0.15) is 0 Å². The fourth-order valence-electron chi connectivity index (χ4n) is 0.514. The second kappa shape index (κ2) is 3.32. The second-order valence-corrected chi connectivity index (χ2v) is 1.83. The van der Waals surface area contributed by atoms with Gasteiger partial charge in [0.15, 0.2) is 11.8 Å². The van der Waals surface area contributed by atoms with Crippen molar-refractivity contribution in [3.63, 3.8) is 0 Å². The molecule has 1 heterocycles. The molecule has 1 aromatic rings. The Hall–Kier alpha value is -2.12. The van der Waals surface area contributed by atoms with Gasteiger partial charge in [-0.25, -0.2) is 4.63 Å². The van der Waals surface area contributed by atoms with E-state index in [-0.39, 0.29) is 17.7 Å². The van der Waals surface area contributed by atoms with Crippen LogP contribution in [0.4, 0.5) is 5.82 Å². The summed E-state index contributed by atoms with van der Waals surface area (Å²) in [5, 5.41) is 25.2. The Morgan fingerprint density at radius 2 is 2.33 bits per heavy atom. The summed E-state index contributed by atoms with van der Waals surface area (Å²) < 4.78 is 4.25. The van der Waals surface area contributed by atoms with Gasteiger partial charge in [0, 0.05) is 0 Å². The Kier molecular flexibility index (Phi) is 2.21. The predicted octanol–water partition coefficient (Wildman–Crippen LogP) is -1.10. The zero-order valence-electron chi connectivity index (χ0n) is 5.96. The first kappa shape index (κ1) is 7.98. The molecule has 0 aliphatic heterocycles. The summed E-state index contributed by atoms with van der Waals surface area (Å²) in [5.74, 6) is -0.226. The minimum Gasteiger partial charge on any atom is -0.370 e. The predicted molar refractivity (Wildman–Crippen MR) is 40.7 cm³/mol. The van der Waals surface area contributed by atoms with Crippen LogP contribution in [-0.2, 0) is 0 Å². The van der Waals surface area contributed by atoms with E-state index in [1.54, 1.807) is 0 Å². The largest absolute Gasteiger partial charge is 0.370 e. The summed E-state index contributed by atoms with van der Waals surface area (Å²) in [6, 6.07) is 0. The number of hydrogen-bond donors (Lipinski definition) is 5. The van der Waals surface area contributed by atoms with Gasteiger partial charge >= 0.3 is 0 Å². The van der Waals surface area contributed by atoms with Gasteiger partial charge in [0.05, 0.1) is 0 Å². The lowest BCUT2D eigenvalue weighted by Gasteiger charge is -2.03. The first-order valence-electron chi connectivity index (χ1n) is 2.92. The average molecular weight is 169 g/mol. The van der Waals surface area contributed by atoms with Crippen LogP contribution in [0.2, 0.25) is 0 Å². The van der Waals surface area contributed by atoms with Crippen LogP contribution in [-0.4, -0.2) is 22.2 Å². The number of aromatic nitrogens is 2. The number of anilines is 1. The van der Waals surface area contributed by atoms with Crippen molar-refractivity contribution in [3.05, 3.63) is 6.20 Å². The highest BCUT2D eigenvalue weighted by Gasteiger charge is 2.00. The molecule has 64 valence electrons. The summed E-state index contributed by atoms with van der Waals surface area (Å²) in [5.41, 5.74) is 4.95. The molecule has 1 aromatic heterocycles. The SMILES string of the molecule is N=C(N)NC(=N)Nc1cnon1. The Morgan fingerprint density at radius 3 is 2.83 bits per heavy atom. The summed E-state index contributed by atoms with van der Waals surface area (Å²) in [6.45, 7) is 0. The number of nitrogens with one attached hydrogen (secondary N) is 4. The maximum absolute atomic E-state index is 7.14. The van der Waals surface area contributed by atoms with Gasteiger partial charge in [0.25, 0.3) is 0 Å². The van der Waals surface area contributed by atoms with Gasteiger partial charge in [-0.1, -0.05) is 5.16 Å². The molecule has 0 amide bonds. The molecule has 1 rings (SSSR count). The maximum Gasteiger partial charge on any atom is 0.201 e. The standard InChI is InChI=1S/C4H7N7O/c5-3(6)10-4(7)9-2-1-8-12-11-2/h1H,(H6,5,6,7,9,10,11). The third-order valence-electron chi connectivity index (χ3n) is 0.874. The number of guanidine groups is 2. The van der Waals surface area contributed by atoms with Crippen molar-refractivity contribution in [1.29, 1.82) is 10.8 Å². The monoisotopic (exact) mass is 169 g/mol. The molecule has 0 unspecified atom stereocenters. The average Bonchev–Trinajstić information content (AvgIpc) is 2.37. The fourth-order valence-corrected chi connectivity index (χ4v) is 0.514. The molecular formula is C4H7N7O. The number of hydrogen-bond acceptors (Lipinski definition) is 5. The van der Waals surface area contributed by atoms with Crippen molar-refractivity contribution in [1.82, 2.24) is 15.6 Å². The Bertz CT molecular complexity index is 278. The van der Waals surface area contributed by atoms with Crippen LogP contribution in [0.25, 0.3) is 0 Å². The fraction of sp³-hybridized carbons (Fsp3) is 0. The second-order valence-electron chi connectivity index (χ2n) is 1.83. The van der Waals surface area contributed by atoms with Crippen molar-refractivity contribution in [2.75, 3.05) is 5.32 Å². The molecule has 0 aliphatic carbocycles. The molecule has 0 saturated heterocycles. The highest BCUT2D eigenvalue weighted by Crippen LogP contribution is 1.95. The lowest BCUT2D eigenvalue weighted by Crippen LogP contribution is -2.39. The number of nitrogens with zero attached hydrogens (tertiary/aromatic N) is 2. The van der Waals surface area contributed by atoms with Crippen molar-refractivity contribution < 1.29 is 4.63 Å². The lowest BCUT2D eigenvalue weighted by atomic mass is 10.7. The van der Waals surface area contributed by atoms with Crippen LogP contribution in [0, 0.1) is 10.8 Å². The Morgan fingerprint density at radius 1 is 1.58 bits per heavy atom. The van der Waals surface area contributed by atoms with E-state index < -0.39 is 0 Å². The third kappa shape index (κ3) is 2.25. The van der Waals surface area contributed by atoms with E-state index in [0.29, 0.717) is 0 Å². The first-order valence-corrected chi connectivity index (χ1v) is 2.92. The van der Waals surface area contributed by atoms with Gasteiger partial charge in [0.1, 0.15) is 6.20 Å². The topological polar surface area (TPSA) is 137 Å². The lowest BCUT2D eigenvalue weighted by molar-refractivity contribution is 0.308. The van der Waals surface area contributed by atoms with Gasteiger partial charge < -0.3 is 11.1 Å². The van der Waals surface area contributed by atoms with E-state index in [1.165, 1.54) is 6.20 Å². The molecule has 0 saturated carbocycles. The summed E-state index contributed by atoms with van der Waals surface area (Å²) in [4.78, 5) is 0. The van der Waals surface area contributed by atoms with Gasteiger partial charge in [-0.05, 0) is 5.16 Å². The van der Waals surface area contributed by atoms with Crippen LogP contribution in [0.1, 0.15) is 0 Å². The number of nitrogens with two attached hydrogens (primary N) is 1. The van der Waals surface area contributed by atoms with E-state index in [4.69, 9.17) is 16.6 Å². The maximum atomic E-state index is 7.14. The molecule has 0 aliphatic rings. The van der Waals surface area contributed by atoms with Crippen LogP contribution in [0.15, 0.2) is 10.8 Å². The third-order valence-corrected chi connectivity index (χ3v) is 0.874. The summed E-state index contributed by atoms with van der Waals surface area (Å²) >= 11 is 0. The molecule has 0 fully saturated rings. The molecule has 0 spiro atoms. The molecule has 0 bridgehead atoms. The normalized spacial score (nSPS) is 9.00. The Balaban J connectivity index is 2.42. The zero-order chi connectivity index (χ0) is 8.97. The molecule has 6 N–H and O–H groups in total. The van der Waals surface area contributed by atoms with Crippen molar-refractivity contribution in [2.45, 2.75) is 0 Å². The van der Waals surface area contributed by atoms with Crippen LogP contribution in [0.3, 0.4) is 0 Å². The van der Waals surface area contributed by atoms with Gasteiger partial charge in [0.2, 0.25) is 5.96 Å². The molecule has 0 aromatic carbocycles. The highest BCUT2D eigenvalue weighted by atomic mass is 16.6. The van der Waals surface area contributed by atoms with Crippen molar-refractivity contribution in [2.24, 2.45) is 5.73 Å². The smallest absolute Gasteiger partial charge is 0.201 e. The zero-order valence-corrected chi connectivity index (χ0v) is 5.96. The van der Waals surface area contributed by atoms with Crippen LogP contribution in [0.5, 0.6) is 0 Å². The minimum atomic E-state index is -0.330. The van der Waals surface area contributed by atoms with E-state index in [9.17, 15) is 0 Å². The molecule has 0 atom stereocenters. The van der Waals surface area contributed by atoms with E-state index in [2.05, 4.69) is 25.6 Å². The van der Waals surface area contributed by atoms with Crippen molar-refractivity contribution >= 4 is 17.7 Å².